The third-order valence-electron chi connectivity index (χ3n) is 15.0. The van der Waals surface area contributed by atoms with Crippen molar-refractivity contribution in [2.45, 2.75) is 19.3 Å². The lowest BCUT2D eigenvalue weighted by Gasteiger charge is -2.21. The lowest BCUT2D eigenvalue weighted by molar-refractivity contribution is 0.660. The summed E-state index contributed by atoms with van der Waals surface area (Å²) in [7, 11) is 0. The molecule has 0 unspecified atom stereocenters. The van der Waals surface area contributed by atoms with Gasteiger partial charge in [0, 0.05) is 43.7 Å². The van der Waals surface area contributed by atoms with E-state index in [1.807, 2.05) is 6.07 Å². The Kier molecular flexibility index (Phi) is 7.78. The molecule has 0 bridgehead atoms. The first-order valence-corrected chi connectivity index (χ1v) is 23.7. The number of hydrogen-bond donors (Lipinski definition) is 0. The van der Waals surface area contributed by atoms with Crippen LogP contribution in [0.1, 0.15) is 25.0 Å². The van der Waals surface area contributed by atoms with Crippen molar-refractivity contribution in [3.63, 3.8) is 0 Å². The molecule has 0 aliphatic heterocycles. The number of benzene rings is 10. The van der Waals surface area contributed by atoms with Crippen molar-refractivity contribution < 1.29 is 4.42 Å². The van der Waals surface area contributed by atoms with Crippen LogP contribution in [0.25, 0.3) is 138 Å². The zero-order valence-corrected chi connectivity index (χ0v) is 37.8. The van der Waals surface area contributed by atoms with Gasteiger partial charge in [0.05, 0.1) is 21.9 Å². The highest BCUT2D eigenvalue weighted by molar-refractivity contribution is 6.31. The molecule has 10 aromatic carbocycles. The van der Waals surface area contributed by atoms with Gasteiger partial charge >= 0.3 is 0 Å². The van der Waals surface area contributed by atoms with Crippen LogP contribution in [0.5, 0.6) is 0 Å². The Balaban J connectivity index is 0.901. The number of nitrogens with zero attached hydrogens (tertiary/aromatic N) is 4. The van der Waals surface area contributed by atoms with Crippen molar-refractivity contribution in [1.29, 1.82) is 0 Å². The third-order valence-corrected chi connectivity index (χ3v) is 15.0. The number of para-hydroxylation sites is 1. The van der Waals surface area contributed by atoms with Crippen molar-refractivity contribution >= 4 is 70.8 Å². The van der Waals surface area contributed by atoms with Gasteiger partial charge in [-0.3, -0.25) is 0 Å². The Hall–Kier alpha value is -8.93. The zero-order valence-electron chi connectivity index (χ0n) is 37.8. The summed E-state index contributed by atoms with van der Waals surface area (Å²) in [4.78, 5) is 16.0. The van der Waals surface area contributed by atoms with Gasteiger partial charge in [0.1, 0.15) is 11.2 Å². The fourth-order valence-electron chi connectivity index (χ4n) is 11.7. The van der Waals surface area contributed by atoms with Crippen molar-refractivity contribution in [2.75, 3.05) is 0 Å². The molecule has 5 nitrogen and oxygen atoms in total. The molecule has 4 heterocycles. The molecule has 69 heavy (non-hydrogen) atoms. The molecule has 0 atom stereocenters. The summed E-state index contributed by atoms with van der Waals surface area (Å²) in [5.41, 5.74) is 17.6. The molecule has 0 saturated carbocycles. The van der Waals surface area contributed by atoms with Gasteiger partial charge in [-0.25, -0.2) is 15.0 Å². The van der Waals surface area contributed by atoms with Gasteiger partial charge in [0.2, 0.25) is 0 Å². The minimum Gasteiger partial charge on any atom is -0.456 e. The normalized spacial score (nSPS) is 13.2. The second-order valence-corrected chi connectivity index (χ2v) is 19.1. The number of hydrogen-bond acceptors (Lipinski definition) is 4. The van der Waals surface area contributed by atoms with E-state index in [1.54, 1.807) is 0 Å². The highest BCUT2D eigenvalue weighted by Gasteiger charge is 2.37. The zero-order chi connectivity index (χ0) is 45.5. The Labute approximate surface area is 397 Å². The Bertz CT molecular complexity index is 4450. The van der Waals surface area contributed by atoms with E-state index in [4.69, 9.17) is 19.4 Å². The highest BCUT2D eigenvalue weighted by Crippen LogP contribution is 2.52. The maximum absolute atomic E-state index is 6.51. The monoisotopic (exact) mass is 880 g/mol. The fraction of sp³-hybridized carbons (Fsp3) is 0.0469. The topological polar surface area (TPSA) is 56.2 Å². The van der Waals surface area contributed by atoms with E-state index >= 15 is 0 Å². The van der Waals surface area contributed by atoms with E-state index in [0.29, 0.717) is 17.5 Å². The quantitative estimate of drug-likeness (QED) is 0.173. The van der Waals surface area contributed by atoms with Crippen LogP contribution in [0.15, 0.2) is 211 Å². The molecule has 1 aliphatic rings. The summed E-state index contributed by atoms with van der Waals surface area (Å²) in [5, 5.41) is 9.44. The number of fused-ring (bicyclic) bond motifs is 10. The van der Waals surface area contributed by atoms with Crippen molar-refractivity contribution in [2.24, 2.45) is 0 Å². The minimum atomic E-state index is -0.160. The van der Waals surface area contributed by atoms with Gasteiger partial charge in [0.15, 0.2) is 17.5 Å². The molecule has 0 fully saturated rings. The van der Waals surface area contributed by atoms with E-state index in [-0.39, 0.29) is 5.41 Å². The number of aromatic nitrogens is 4. The number of furan rings is 1. The van der Waals surface area contributed by atoms with Crippen molar-refractivity contribution in [3.05, 3.63) is 217 Å². The fourth-order valence-corrected chi connectivity index (χ4v) is 11.7. The van der Waals surface area contributed by atoms with Crippen molar-refractivity contribution in [3.8, 4) is 67.5 Å². The Morgan fingerprint density at radius 1 is 0.377 bits per heavy atom. The average molecular weight is 881 g/mol. The molecule has 5 heteroatoms. The molecule has 0 spiro atoms. The maximum Gasteiger partial charge on any atom is 0.164 e. The highest BCUT2D eigenvalue weighted by atomic mass is 16.3. The van der Waals surface area contributed by atoms with Crippen LogP contribution in [0, 0.1) is 0 Å². The lowest BCUT2D eigenvalue weighted by Crippen LogP contribution is -2.14. The predicted octanol–water partition coefficient (Wildman–Crippen LogP) is 16.7. The molecule has 0 saturated heterocycles. The summed E-state index contributed by atoms with van der Waals surface area (Å²) < 4.78 is 8.96. The van der Waals surface area contributed by atoms with Crippen LogP contribution in [0.4, 0.5) is 0 Å². The van der Waals surface area contributed by atoms with E-state index in [1.165, 1.54) is 71.1 Å². The summed E-state index contributed by atoms with van der Waals surface area (Å²) in [5.74, 6) is 1.93. The molecule has 0 N–H and O–H groups in total. The molecule has 0 amide bonds. The molecule has 4 aromatic heterocycles. The first-order chi connectivity index (χ1) is 33.9. The van der Waals surface area contributed by atoms with Crippen LogP contribution in [-0.2, 0) is 5.41 Å². The van der Waals surface area contributed by atoms with Gasteiger partial charge in [-0.05, 0) is 115 Å². The third kappa shape index (κ3) is 5.50. The predicted molar refractivity (Wildman–Crippen MR) is 284 cm³/mol. The largest absolute Gasteiger partial charge is 0.456 e. The summed E-state index contributed by atoms with van der Waals surface area (Å²) in [6, 6.07) is 74.2. The molecular weight excluding hydrogens is 841 g/mol. The van der Waals surface area contributed by atoms with Crippen LogP contribution in [-0.4, -0.2) is 19.4 Å². The van der Waals surface area contributed by atoms with Crippen LogP contribution in [0.3, 0.4) is 0 Å². The van der Waals surface area contributed by atoms with E-state index in [9.17, 15) is 0 Å². The standard InChI is InChI=1S/C64H40N4O/c1-64(2)51-21-8-6-18-48(51)57-49(20-11-22-52(57)64)63-66-61(42-16-10-15-39(33-42)37-13-4-3-5-14-37)65-62(67-63)43-28-26-38-25-27-40(34-44(38)35-43)41-29-31-54-50(36-41)47-30-32-56-59-58-46(19-12-24-55(58)69-56)45-17-7-9-23-53(45)68(54)60(47)59/h3-36H,1-2H3. The van der Waals surface area contributed by atoms with Gasteiger partial charge < -0.3 is 8.82 Å². The van der Waals surface area contributed by atoms with Crippen molar-refractivity contribution in [1.82, 2.24) is 19.4 Å². The molecule has 14 aromatic rings. The second-order valence-electron chi connectivity index (χ2n) is 19.1. The van der Waals surface area contributed by atoms with Gasteiger partial charge in [-0.2, -0.15) is 0 Å². The van der Waals surface area contributed by atoms with Gasteiger partial charge in [-0.1, -0.05) is 166 Å². The summed E-state index contributed by atoms with van der Waals surface area (Å²) >= 11 is 0. The van der Waals surface area contributed by atoms with Gasteiger partial charge in [-0.15, -0.1) is 0 Å². The molecule has 322 valence electrons. The van der Waals surface area contributed by atoms with Crippen LogP contribution < -0.4 is 0 Å². The maximum atomic E-state index is 6.51. The van der Waals surface area contributed by atoms with E-state index < -0.39 is 0 Å². The summed E-state index contributed by atoms with van der Waals surface area (Å²) in [6.45, 7) is 4.62. The van der Waals surface area contributed by atoms with E-state index in [0.717, 1.165) is 60.9 Å². The van der Waals surface area contributed by atoms with Crippen LogP contribution >= 0.6 is 0 Å². The Morgan fingerprint density at radius 2 is 0.986 bits per heavy atom. The van der Waals surface area contributed by atoms with E-state index in [2.05, 4.69) is 218 Å². The molecular formula is C64H40N4O. The minimum absolute atomic E-state index is 0.160. The Morgan fingerprint density at radius 3 is 1.88 bits per heavy atom. The SMILES string of the molecule is CC1(C)c2ccccc2-c2c(-c3nc(-c4cccc(-c5ccccc5)c4)nc(-c4ccc5ccc(-c6ccc7c(c6)c6ccc8oc9cccc%10c%11ccccc%11n7c6c8c9%10)cc5c4)n3)cccc21. The first-order valence-electron chi connectivity index (χ1n) is 23.7. The first kappa shape index (κ1) is 38.2. The number of rotatable bonds is 5. The second kappa shape index (κ2) is 14.0. The lowest BCUT2D eigenvalue weighted by atomic mass is 9.82. The van der Waals surface area contributed by atoms with Gasteiger partial charge in [0.25, 0.3) is 0 Å². The van der Waals surface area contributed by atoms with Crippen LogP contribution in [0.2, 0.25) is 0 Å². The summed E-state index contributed by atoms with van der Waals surface area (Å²) in [6.07, 6.45) is 0. The average Bonchev–Trinajstić information content (AvgIpc) is 4.00. The molecule has 0 radical (unpaired) electrons. The molecule has 15 rings (SSSR count). The molecule has 1 aliphatic carbocycles. The smallest absolute Gasteiger partial charge is 0.164 e.